The Morgan fingerprint density at radius 2 is 1.94 bits per heavy atom. The number of rotatable bonds is 4. The van der Waals surface area contributed by atoms with Gasteiger partial charge in [-0.25, -0.2) is 0 Å². The quantitative estimate of drug-likeness (QED) is 0.857. The summed E-state index contributed by atoms with van der Waals surface area (Å²) in [6.45, 7) is 9.27. The van der Waals surface area contributed by atoms with Crippen molar-refractivity contribution in [3.63, 3.8) is 0 Å². The van der Waals surface area contributed by atoms with Crippen molar-refractivity contribution < 1.29 is 0 Å². The fourth-order valence-electron chi connectivity index (χ4n) is 2.28. The van der Waals surface area contributed by atoms with E-state index < -0.39 is 0 Å². The lowest BCUT2D eigenvalue weighted by atomic mass is 10.2. The number of piperazine rings is 1. The summed E-state index contributed by atoms with van der Waals surface area (Å²) in [5, 5.41) is 8.35. The summed E-state index contributed by atoms with van der Waals surface area (Å²) < 4.78 is 0. The molecule has 18 heavy (non-hydrogen) atoms. The molecule has 2 N–H and O–H groups in total. The summed E-state index contributed by atoms with van der Waals surface area (Å²) >= 11 is 0. The Hall–Kier alpha value is -1.20. The molecule has 1 aliphatic rings. The van der Waals surface area contributed by atoms with Gasteiger partial charge in [0, 0.05) is 38.8 Å². The second-order valence-electron chi connectivity index (χ2n) is 4.87. The number of aromatic nitrogens is 2. The van der Waals surface area contributed by atoms with Crippen molar-refractivity contribution in [1.29, 1.82) is 0 Å². The summed E-state index contributed by atoms with van der Waals surface area (Å²) in [4.78, 5) is 4.84. The van der Waals surface area contributed by atoms with E-state index in [2.05, 4.69) is 33.8 Å². The highest BCUT2D eigenvalue weighted by Crippen LogP contribution is 2.14. The minimum absolute atomic E-state index is 0.453. The zero-order chi connectivity index (χ0) is 13.0. The Morgan fingerprint density at radius 3 is 2.44 bits per heavy atom. The Kier molecular flexibility index (Phi) is 4.49. The van der Waals surface area contributed by atoms with Gasteiger partial charge < -0.3 is 10.6 Å². The molecule has 0 radical (unpaired) electrons. The topological polar surface area (TPSA) is 58.3 Å². The molecular formula is C13H23N5. The molecule has 0 saturated carbocycles. The summed E-state index contributed by atoms with van der Waals surface area (Å²) in [6, 6.07) is 4.66. The molecule has 1 atom stereocenters. The molecule has 1 fully saturated rings. The third-order valence-electron chi connectivity index (χ3n) is 3.77. The first-order chi connectivity index (χ1) is 8.74. The van der Waals surface area contributed by atoms with Crippen LogP contribution < -0.4 is 10.6 Å². The van der Waals surface area contributed by atoms with E-state index in [1.807, 2.05) is 12.1 Å². The smallest absolute Gasteiger partial charge is 0.151 e. The van der Waals surface area contributed by atoms with E-state index in [4.69, 9.17) is 5.73 Å². The van der Waals surface area contributed by atoms with Crippen LogP contribution in [0.3, 0.4) is 0 Å². The average molecular weight is 249 g/mol. The zero-order valence-corrected chi connectivity index (χ0v) is 11.3. The van der Waals surface area contributed by atoms with Gasteiger partial charge >= 0.3 is 0 Å². The van der Waals surface area contributed by atoms with Gasteiger partial charge in [0.2, 0.25) is 0 Å². The Bertz CT molecular complexity index is 356. The maximum atomic E-state index is 5.52. The van der Waals surface area contributed by atoms with E-state index >= 15 is 0 Å². The minimum Gasteiger partial charge on any atom is -0.353 e. The minimum atomic E-state index is 0.453. The number of hydrogen-bond acceptors (Lipinski definition) is 5. The highest BCUT2D eigenvalue weighted by atomic mass is 15.3. The predicted octanol–water partition coefficient (Wildman–Crippen LogP) is 0.856. The van der Waals surface area contributed by atoms with Crippen LogP contribution in [0, 0.1) is 0 Å². The third kappa shape index (κ3) is 2.97. The standard InChI is InChI=1S/C13H23N5/c1-3-11(2)17-6-8-18(9-7-17)13-5-4-12(10-14)15-16-13/h4-5,11H,3,6-10,14H2,1-2H3. The number of anilines is 1. The second-order valence-corrected chi connectivity index (χ2v) is 4.87. The van der Waals surface area contributed by atoms with Crippen LogP contribution in [-0.4, -0.2) is 47.3 Å². The fraction of sp³-hybridized carbons (Fsp3) is 0.692. The van der Waals surface area contributed by atoms with Crippen LogP contribution in [0.15, 0.2) is 12.1 Å². The molecule has 100 valence electrons. The molecule has 5 heteroatoms. The lowest BCUT2D eigenvalue weighted by Gasteiger charge is -2.38. The molecule has 5 nitrogen and oxygen atoms in total. The summed E-state index contributed by atoms with van der Waals surface area (Å²) in [5.41, 5.74) is 6.37. The van der Waals surface area contributed by atoms with Gasteiger partial charge in [-0.3, -0.25) is 4.90 Å². The van der Waals surface area contributed by atoms with Crippen molar-refractivity contribution in [2.45, 2.75) is 32.9 Å². The number of hydrogen-bond donors (Lipinski definition) is 1. The second kappa shape index (κ2) is 6.11. The Morgan fingerprint density at radius 1 is 1.22 bits per heavy atom. The van der Waals surface area contributed by atoms with E-state index in [0.29, 0.717) is 12.6 Å². The summed E-state index contributed by atoms with van der Waals surface area (Å²) in [7, 11) is 0. The van der Waals surface area contributed by atoms with E-state index in [-0.39, 0.29) is 0 Å². The molecule has 2 heterocycles. The molecule has 1 aliphatic heterocycles. The highest BCUT2D eigenvalue weighted by molar-refractivity contribution is 5.37. The van der Waals surface area contributed by atoms with Crippen LogP contribution in [0.2, 0.25) is 0 Å². The first kappa shape index (κ1) is 13.2. The molecule has 0 aliphatic carbocycles. The van der Waals surface area contributed by atoms with E-state index in [1.54, 1.807) is 0 Å². The maximum absolute atomic E-state index is 5.52. The van der Waals surface area contributed by atoms with E-state index in [0.717, 1.165) is 37.7 Å². The molecule has 1 aromatic rings. The van der Waals surface area contributed by atoms with Gasteiger partial charge in [0.15, 0.2) is 5.82 Å². The van der Waals surface area contributed by atoms with Gasteiger partial charge in [0.1, 0.15) is 0 Å². The van der Waals surface area contributed by atoms with Crippen LogP contribution in [0.5, 0.6) is 0 Å². The van der Waals surface area contributed by atoms with Crippen molar-refractivity contribution in [3.05, 3.63) is 17.8 Å². The van der Waals surface area contributed by atoms with Crippen molar-refractivity contribution in [2.24, 2.45) is 5.73 Å². The van der Waals surface area contributed by atoms with E-state index in [9.17, 15) is 0 Å². The van der Waals surface area contributed by atoms with Crippen molar-refractivity contribution in [3.8, 4) is 0 Å². The van der Waals surface area contributed by atoms with Gasteiger partial charge in [0.05, 0.1) is 5.69 Å². The van der Waals surface area contributed by atoms with Gasteiger partial charge in [-0.15, -0.1) is 5.10 Å². The summed E-state index contributed by atoms with van der Waals surface area (Å²) in [6.07, 6.45) is 1.21. The molecule has 0 aromatic carbocycles. The molecule has 1 aromatic heterocycles. The van der Waals surface area contributed by atoms with Gasteiger partial charge in [-0.05, 0) is 25.5 Å². The molecule has 2 rings (SSSR count). The monoisotopic (exact) mass is 249 g/mol. The lowest BCUT2D eigenvalue weighted by Crippen LogP contribution is -2.49. The number of nitrogens with two attached hydrogens (primary N) is 1. The Labute approximate surface area is 109 Å². The molecule has 0 bridgehead atoms. The zero-order valence-electron chi connectivity index (χ0n) is 11.3. The third-order valence-corrected chi connectivity index (χ3v) is 3.77. The van der Waals surface area contributed by atoms with Gasteiger partial charge in [-0.2, -0.15) is 5.10 Å². The largest absolute Gasteiger partial charge is 0.353 e. The van der Waals surface area contributed by atoms with Crippen LogP contribution in [0.4, 0.5) is 5.82 Å². The molecular weight excluding hydrogens is 226 g/mol. The van der Waals surface area contributed by atoms with Crippen molar-refractivity contribution >= 4 is 5.82 Å². The highest BCUT2D eigenvalue weighted by Gasteiger charge is 2.20. The molecule has 1 saturated heterocycles. The Balaban J connectivity index is 1.92. The molecule has 0 spiro atoms. The van der Waals surface area contributed by atoms with Gasteiger partial charge in [0.25, 0.3) is 0 Å². The normalized spacial score (nSPS) is 18.9. The van der Waals surface area contributed by atoms with Crippen LogP contribution in [0.25, 0.3) is 0 Å². The average Bonchev–Trinajstić information content (AvgIpc) is 2.47. The first-order valence-corrected chi connectivity index (χ1v) is 6.76. The van der Waals surface area contributed by atoms with Crippen LogP contribution in [-0.2, 0) is 6.54 Å². The number of nitrogens with zero attached hydrogens (tertiary/aromatic N) is 4. The van der Waals surface area contributed by atoms with E-state index in [1.165, 1.54) is 6.42 Å². The van der Waals surface area contributed by atoms with Crippen molar-refractivity contribution in [2.75, 3.05) is 31.1 Å². The fourth-order valence-corrected chi connectivity index (χ4v) is 2.28. The first-order valence-electron chi connectivity index (χ1n) is 6.76. The van der Waals surface area contributed by atoms with Gasteiger partial charge in [-0.1, -0.05) is 6.92 Å². The predicted molar refractivity (Wildman–Crippen MR) is 73.5 cm³/mol. The SMILES string of the molecule is CCC(C)N1CCN(c2ccc(CN)nn2)CC1. The van der Waals surface area contributed by atoms with Crippen LogP contribution >= 0.6 is 0 Å². The van der Waals surface area contributed by atoms with Crippen molar-refractivity contribution in [1.82, 2.24) is 15.1 Å². The lowest BCUT2D eigenvalue weighted by molar-refractivity contribution is 0.192. The molecule has 1 unspecified atom stereocenters. The summed E-state index contributed by atoms with van der Waals surface area (Å²) in [5.74, 6) is 0.969. The maximum Gasteiger partial charge on any atom is 0.151 e. The molecule has 0 amide bonds. The van der Waals surface area contributed by atoms with Crippen LogP contribution in [0.1, 0.15) is 26.0 Å².